The molecule has 0 radical (unpaired) electrons. The Kier molecular flexibility index (Phi) is 19.7. The summed E-state index contributed by atoms with van der Waals surface area (Å²) in [6, 6.07) is 3.33. The zero-order valence-electron chi connectivity index (χ0n) is 46.1. The number of methoxy groups -OCH3 is 2. The number of rotatable bonds is 20. The molecular weight excluding hydrogens is 1090 g/mol. The predicted molar refractivity (Wildman–Crippen MR) is 280 cm³/mol. The fourth-order valence-corrected chi connectivity index (χ4v) is 9.88. The van der Waals surface area contributed by atoms with Gasteiger partial charge in [-0.05, 0) is 95.7 Å². The summed E-state index contributed by atoms with van der Waals surface area (Å²) in [4.78, 5) is 75.7. The van der Waals surface area contributed by atoms with Crippen LogP contribution < -0.4 is 26.2 Å². The van der Waals surface area contributed by atoms with Gasteiger partial charge in [0.05, 0.1) is 68.7 Å². The molecule has 5 N–H and O–H groups in total. The number of hydrogen-bond acceptors (Lipinski definition) is 15. The first-order chi connectivity index (χ1) is 38.6. The number of hydrogen-bond donors (Lipinski definition) is 5. The van der Waals surface area contributed by atoms with E-state index < -0.39 is 115 Å². The topological polar surface area (TPSA) is 226 Å². The molecule has 7 rings (SSSR count). The van der Waals surface area contributed by atoms with Gasteiger partial charge in [0.25, 0.3) is 0 Å². The van der Waals surface area contributed by atoms with Gasteiger partial charge >= 0.3 is 24.5 Å². The number of alkyl halides is 6. The number of aliphatic hydroxyl groups is 1. The molecule has 0 aliphatic carbocycles. The van der Waals surface area contributed by atoms with Gasteiger partial charge < -0.3 is 45.5 Å². The van der Waals surface area contributed by atoms with E-state index in [1.54, 1.807) is 43.6 Å². The van der Waals surface area contributed by atoms with Crippen LogP contribution in [0, 0.1) is 41.2 Å². The standard InChI is InChI=1S/C55H65F8N11O8/c1-31-64-23-36(24-65-31)35-19-41(56)40(42(57)20-35)16-17-72(30-68-47(76)45(70-50(78)80-6)52(2,3)54(58,59)60)27-44(75)43(69-48(77)46(71-51(79)81-7)53(4,5)55(61,62)63)18-33-11-8-32(9-12-33)10-13-34-21-66-49(67-22-34)73-25-37-14-15-38(26-73)74(37)39-28-82-29-39/h8-9,11-12,19-24,37-39,43-46,75H,14-18,25-30H2,1-7H3,(H,68,76)(H,69,77)(H,70,78)(H,71,79)/t37?,38?,43-,44-,45+,46+/m0/s1. The van der Waals surface area contributed by atoms with Crippen molar-refractivity contribution in [1.82, 2.24) is 51.0 Å². The molecule has 444 valence electrons. The molecule has 4 aromatic rings. The summed E-state index contributed by atoms with van der Waals surface area (Å²) in [6.45, 7) is 5.36. The Bertz CT molecular complexity index is 2920. The molecule has 27 heteroatoms. The molecule has 4 amide bonds. The van der Waals surface area contributed by atoms with Crippen molar-refractivity contribution in [3.05, 3.63) is 101 Å². The third-order valence-corrected chi connectivity index (χ3v) is 15.2. The van der Waals surface area contributed by atoms with Crippen LogP contribution in [0.5, 0.6) is 0 Å². The number of ether oxygens (including phenoxy) is 3. The average molecular weight is 1160 g/mol. The summed E-state index contributed by atoms with van der Waals surface area (Å²) in [5.74, 6) is 2.12. The molecule has 19 nitrogen and oxygen atoms in total. The molecule has 3 saturated heterocycles. The number of anilines is 1. The molecule has 5 heterocycles. The number of carbonyl (C=O) groups is 4. The number of aryl methyl sites for hydroxylation is 1. The van der Waals surface area contributed by atoms with Crippen molar-refractivity contribution in [3.63, 3.8) is 0 Å². The third-order valence-electron chi connectivity index (χ3n) is 15.2. The first-order valence-electron chi connectivity index (χ1n) is 26.2. The molecule has 0 spiro atoms. The highest BCUT2D eigenvalue weighted by atomic mass is 19.4. The zero-order chi connectivity index (χ0) is 59.9. The van der Waals surface area contributed by atoms with Crippen LogP contribution in [0.1, 0.15) is 68.6 Å². The number of aromatic nitrogens is 4. The van der Waals surface area contributed by atoms with Gasteiger partial charge in [0.15, 0.2) is 0 Å². The Morgan fingerprint density at radius 1 is 0.744 bits per heavy atom. The third kappa shape index (κ3) is 14.8. The first-order valence-corrected chi connectivity index (χ1v) is 26.2. The maximum absolute atomic E-state index is 15.8. The van der Waals surface area contributed by atoms with E-state index in [2.05, 4.69) is 61.7 Å². The number of aliphatic hydroxyl groups excluding tert-OH is 1. The number of alkyl carbamates (subject to hydrolysis) is 2. The minimum atomic E-state index is -5.11. The van der Waals surface area contributed by atoms with Crippen molar-refractivity contribution in [2.45, 2.75) is 115 Å². The highest BCUT2D eigenvalue weighted by Gasteiger charge is 2.57. The normalized spacial score (nSPS) is 18.3. The van der Waals surface area contributed by atoms with Crippen molar-refractivity contribution in [2.24, 2.45) is 10.8 Å². The van der Waals surface area contributed by atoms with Crippen LogP contribution in [0.4, 0.5) is 50.7 Å². The second-order valence-electron chi connectivity index (χ2n) is 21.6. The van der Waals surface area contributed by atoms with Crippen LogP contribution in [0.15, 0.2) is 61.2 Å². The fraction of sp³-hybridized carbons (Fsp3) is 0.527. The van der Waals surface area contributed by atoms with Crippen LogP contribution in [-0.4, -0.2) is 174 Å². The van der Waals surface area contributed by atoms with E-state index in [1.165, 1.54) is 12.4 Å². The van der Waals surface area contributed by atoms with E-state index in [9.17, 15) is 50.6 Å². The molecule has 3 fully saturated rings. The first kappa shape index (κ1) is 62.3. The van der Waals surface area contributed by atoms with Gasteiger partial charge in [-0.1, -0.05) is 24.0 Å². The van der Waals surface area contributed by atoms with E-state index in [-0.39, 0.29) is 17.5 Å². The van der Waals surface area contributed by atoms with E-state index in [1.807, 2.05) is 10.6 Å². The number of nitrogens with one attached hydrogen (secondary N) is 4. The van der Waals surface area contributed by atoms with Crippen molar-refractivity contribution in [3.8, 4) is 23.0 Å². The largest absolute Gasteiger partial charge is 0.453 e. The number of fused-ring (bicyclic) bond motifs is 2. The Hall–Kier alpha value is -7.28. The molecule has 2 unspecified atom stereocenters. The smallest absolute Gasteiger partial charge is 0.407 e. The lowest BCUT2D eigenvalue weighted by atomic mass is 9.82. The quantitative estimate of drug-likeness (QED) is 0.0412. The fourth-order valence-electron chi connectivity index (χ4n) is 9.88. The van der Waals surface area contributed by atoms with E-state index in [4.69, 9.17) is 4.74 Å². The van der Waals surface area contributed by atoms with Crippen LogP contribution in [-0.2, 0) is 36.6 Å². The lowest BCUT2D eigenvalue weighted by molar-refractivity contribution is -0.220. The summed E-state index contributed by atoms with van der Waals surface area (Å²) >= 11 is 0. The maximum Gasteiger partial charge on any atom is 0.407 e. The Morgan fingerprint density at radius 3 is 1.77 bits per heavy atom. The number of benzene rings is 2. The SMILES string of the molecule is COC(=O)N[C@H](C(=O)NCN(CCc1c(F)cc(-c2cnc(C)nc2)cc1F)C[C@H](O)[C@H](Cc1ccc(C#Cc2cnc(N3CC4CCC(C3)N4C3COC3)nc2)cc1)NC(=O)[C@@H](NC(=O)OC)C(C)(C)C(F)(F)F)C(C)(C)C(F)(F)F. The minimum Gasteiger partial charge on any atom is -0.453 e. The lowest BCUT2D eigenvalue weighted by Crippen LogP contribution is -2.62. The Balaban J connectivity index is 1.15. The molecule has 2 aromatic heterocycles. The summed E-state index contributed by atoms with van der Waals surface area (Å²) < 4.78 is 133. The average Bonchev–Trinajstić information content (AvgIpc) is 3.68. The number of carbonyl (C=O) groups excluding carboxylic acids is 4. The van der Waals surface area contributed by atoms with Crippen molar-refractivity contribution in [2.75, 3.05) is 65.2 Å². The van der Waals surface area contributed by atoms with Crippen molar-refractivity contribution in [1.29, 1.82) is 0 Å². The van der Waals surface area contributed by atoms with Gasteiger partial charge in [-0.2, -0.15) is 26.3 Å². The summed E-state index contributed by atoms with van der Waals surface area (Å²) in [5.41, 5.74) is -4.64. The maximum atomic E-state index is 15.8. The van der Waals surface area contributed by atoms with Gasteiger partial charge in [-0.25, -0.2) is 38.3 Å². The second kappa shape index (κ2) is 25.9. The van der Waals surface area contributed by atoms with Gasteiger partial charge in [-0.15, -0.1) is 0 Å². The summed E-state index contributed by atoms with van der Waals surface area (Å²) in [6.07, 6.45) is -7.57. The molecular formula is C55H65F8N11O8. The molecule has 3 aliphatic rings. The number of amides is 4. The number of piperazine rings is 1. The van der Waals surface area contributed by atoms with E-state index in [0.29, 0.717) is 74.3 Å². The van der Waals surface area contributed by atoms with Gasteiger partial charge in [-0.3, -0.25) is 19.4 Å². The molecule has 0 saturated carbocycles. The minimum absolute atomic E-state index is 0.0772. The highest BCUT2D eigenvalue weighted by molar-refractivity contribution is 5.87. The lowest BCUT2D eigenvalue weighted by Gasteiger charge is -2.47. The second-order valence-corrected chi connectivity index (χ2v) is 21.6. The molecule has 2 bridgehead atoms. The molecule has 82 heavy (non-hydrogen) atoms. The van der Waals surface area contributed by atoms with Crippen LogP contribution >= 0.6 is 0 Å². The zero-order valence-corrected chi connectivity index (χ0v) is 46.1. The summed E-state index contributed by atoms with van der Waals surface area (Å²) in [5, 5.41) is 20.6. The van der Waals surface area contributed by atoms with Crippen LogP contribution in [0.2, 0.25) is 0 Å². The van der Waals surface area contributed by atoms with Gasteiger partial charge in [0.2, 0.25) is 17.8 Å². The predicted octanol–water partition coefficient (Wildman–Crippen LogP) is 5.60. The van der Waals surface area contributed by atoms with Crippen molar-refractivity contribution >= 4 is 29.9 Å². The van der Waals surface area contributed by atoms with E-state index in [0.717, 1.165) is 70.4 Å². The van der Waals surface area contributed by atoms with Gasteiger partial charge in [0, 0.05) is 79.7 Å². The highest BCUT2D eigenvalue weighted by Crippen LogP contribution is 2.42. The van der Waals surface area contributed by atoms with Gasteiger partial charge in [0.1, 0.15) is 29.5 Å². The monoisotopic (exact) mass is 1160 g/mol. The van der Waals surface area contributed by atoms with E-state index >= 15 is 8.78 Å². The molecule has 6 atom stereocenters. The Morgan fingerprint density at radius 2 is 1.27 bits per heavy atom. The Labute approximate surface area is 468 Å². The molecule has 3 aliphatic heterocycles. The molecule has 2 aromatic carbocycles. The number of halogens is 8. The summed E-state index contributed by atoms with van der Waals surface area (Å²) in [7, 11) is 1.72. The van der Waals surface area contributed by atoms with Crippen LogP contribution in [0.25, 0.3) is 11.1 Å². The number of nitrogens with zero attached hydrogens (tertiary/aromatic N) is 7. The van der Waals surface area contributed by atoms with Crippen molar-refractivity contribution < 1.29 is 73.6 Å². The van der Waals surface area contributed by atoms with Crippen LogP contribution in [0.3, 0.4) is 0 Å².